The van der Waals surface area contributed by atoms with Crippen molar-refractivity contribution in [2.24, 2.45) is 5.73 Å². The molecule has 2 rings (SSSR count). The Balaban J connectivity index is 1.67. The zero-order chi connectivity index (χ0) is 14.2. The van der Waals surface area contributed by atoms with E-state index in [1.54, 1.807) is 16.7 Å². The van der Waals surface area contributed by atoms with E-state index >= 15 is 0 Å². The van der Waals surface area contributed by atoms with Crippen molar-refractivity contribution in [3.8, 4) is 0 Å². The predicted molar refractivity (Wildman–Crippen MR) is 81.9 cm³/mol. The van der Waals surface area contributed by atoms with Crippen molar-refractivity contribution in [1.82, 2.24) is 14.4 Å². The van der Waals surface area contributed by atoms with Crippen LogP contribution in [-0.4, -0.2) is 60.2 Å². The van der Waals surface area contributed by atoms with Crippen LogP contribution in [0.15, 0.2) is 29.2 Å². The first-order chi connectivity index (χ1) is 9.79. The molecule has 0 atom stereocenters. The molecular weight excluding hydrogens is 252 g/mol. The molecule has 0 amide bonds. The van der Waals surface area contributed by atoms with Gasteiger partial charge in [-0.05, 0) is 32.0 Å². The van der Waals surface area contributed by atoms with Crippen LogP contribution in [0.3, 0.4) is 0 Å². The molecule has 0 radical (unpaired) electrons. The zero-order valence-corrected chi connectivity index (χ0v) is 12.2. The van der Waals surface area contributed by atoms with Crippen LogP contribution in [0.5, 0.6) is 0 Å². The molecule has 1 aliphatic rings. The number of pyridine rings is 1. The SMILES string of the molecule is NCCCCN1CCN(CCn2ccccc2=O)CC1. The third kappa shape index (κ3) is 4.74. The summed E-state index contributed by atoms with van der Waals surface area (Å²) in [6.45, 7) is 8.18. The van der Waals surface area contributed by atoms with Gasteiger partial charge in [0.1, 0.15) is 0 Å². The minimum absolute atomic E-state index is 0.0907. The summed E-state index contributed by atoms with van der Waals surface area (Å²) >= 11 is 0. The molecule has 5 heteroatoms. The highest BCUT2D eigenvalue weighted by molar-refractivity contribution is 4.93. The van der Waals surface area contributed by atoms with Crippen molar-refractivity contribution >= 4 is 0 Å². The van der Waals surface area contributed by atoms with Crippen molar-refractivity contribution in [3.63, 3.8) is 0 Å². The van der Waals surface area contributed by atoms with Gasteiger partial charge in [0.15, 0.2) is 0 Å². The van der Waals surface area contributed by atoms with E-state index in [0.29, 0.717) is 0 Å². The summed E-state index contributed by atoms with van der Waals surface area (Å²) in [7, 11) is 0. The first-order valence-corrected chi connectivity index (χ1v) is 7.60. The maximum absolute atomic E-state index is 11.6. The Hall–Kier alpha value is -1.17. The van der Waals surface area contributed by atoms with Crippen molar-refractivity contribution in [1.29, 1.82) is 0 Å². The number of aromatic nitrogens is 1. The quantitative estimate of drug-likeness (QED) is 0.724. The summed E-state index contributed by atoms with van der Waals surface area (Å²) in [5.74, 6) is 0. The molecule has 1 aromatic heterocycles. The molecule has 5 nitrogen and oxygen atoms in total. The third-order valence-corrected chi connectivity index (χ3v) is 3.95. The number of nitrogens with zero attached hydrogens (tertiary/aromatic N) is 3. The Labute approximate surface area is 121 Å². The highest BCUT2D eigenvalue weighted by Crippen LogP contribution is 2.03. The number of hydrogen-bond acceptors (Lipinski definition) is 4. The molecule has 1 aliphatic heterocycles. The van der Waals surface area contributed by atoms with Gasteiger partial charge >= 0.3 is 0 Å². The van der Waals surface area contributed by atoms with Gasteiger partial charge in [-0.2, -0.15) is 0 Å². The van der Waals surface area contributed by atoms with E-state index in [4.69, 9.17) is 5.73 Å². The van der Waals surface area contributed by atoms with Crippen molar-refractivity contribution < 1.29 is 0 Å². The van der Waals surface area contributed by atoms with Gasteiger partial charge in [0.2, 0.25) is 0 Å². The largest absolute Gasteiger partial charge is 0.330 e. The predicted octanol–water partition coefficient (Wildman–Crippen LogP) is 0.205. The molecule has 0 saturated carbocycles. The lowest BCUT2D eigenvalue weighted by Gasteiger charge is -2.34. The fourth-order valence-corrected chi connectivity index (χ4v) is 2.61. The lowest BCUT2D eigenvalue weighted by Crippen LogP contribution is -2.47. The molecule has 20 heavy (non-hydrogen) atoms. The number of nitrogens with two attached hydrogens (primary N) is 1. The Morgan fingerprint density at radius 1 is 0.950 bits per heavy atom. The Morgan fingerprint density at radius 3 is 2.30 bits per heavy atom. The Morgan fingerprint density at radius 2 is 1.65 bits per heavy atom. The zero-order valence-electron chi connectivity index (χ0n) is 12.2. The summed E-state index contributed by atoms with van der Waals surface area (Å²) in [6, 6.07) is 5.32. The average molecular weight is 278 g/mol. The highest BCUT2D eigenvalue weighted by atomic mass is 16.1. The van der Waals surface area contributed by atoms with Gasteiger partial charge < -0.3 is 15.2 Å². The van der Waals surface area contributed by atoms with Gasteiger partial charge in [0.25, 0.3) is 5.56 Å². The summed E-state index contributed by atoms with van der Waals surface area (Å²) in [5.41, 5.74) is 5.61. The van der Waals surface area contributed by atoms with E-state index in [9.17, 15) is 4.79 Å². The van der Waals surface area contributed by atoms with E-state index in [1.165, 1.54) is 13.0 Å². The monoisotopic (exact) mass is 278 g/mol. The highest BCUT2D eigenvalue weighted by Gasteiger charge is 2.15. The Kier molecular flexibility index (Phi) is 6.24. The smallest absolute Gasteiger partial charge is 0.250 e. The molecule has 0 aromatic carbocycles. The van der Waals surface area contributed by atoms with Crippen LogP contribution in [0.4, 0.5) is 0 Å². The number of unbranched alkanes of at least 4 members (excludes halogenated alkanes) is 1. The fraction of sp³-hybridized carbons (Fsp3) is 0.667. The molecule has 1 aromatic rings. The van der Waals surface area contributed by atoms with E-state index in [-0.39, 0.29) is 5.56 Å². The van der Waals surface area contributed by atoms with Crippen LogP contribution in [0.25, 0.3) is 0 Å². The van der Waals surface area contributed by atoms with E-state index < -0.39 is 0 Å². The molecule has 112 valence electrons. The van der Waals surface area contributed by atoms with Crippen molar-refractivity contribution in [2.45, 2.75) is 19.4 Å². The summed E-state index contributed by atoms with van der Waals surface area (Å²) in [4.78, 5) is 16.6. The molecule has 2 heterocycles. The maximum atomic E-state index is 11.6. The van der Waals surface area contributed by atoms with Gasteiger partial charge in [-0.1, -0.05) is 6.07 Å². The molecule has 0 unspecified atom stereocenters. The van der Waals surface area contributed by atoms with Crippen molar-refractivity contribution in [2.75, 3.05) is 45.8 Å². The van der Waals surface area contributed by atoms with Crippen molar-refractivity contribution in [3.05, 3.63) is 34.7 Å². The molecule has 0 aliphatic carbocycles. The summed E-state index contributed by atoms with van der Waals surface area (Å²) in [5, 5.41) is 0. The number of piperazine rings is 1. The van der Waals surface area contributed by atoms with Gasteiger partial charge in [-0.25, -0.2) is 0 Å². The second kappa shape index (κ2) is 8.19. The van der Waals surface area contributed by atoms with Gasteiger partial charge in [0.05, 0.1) is 0 Å². The maximum Gasteiger partial charge on any atom is 0.250 e. The fourth-order valence-electron chi connectivity index (χ4n) is 2.61. The number of rotatable bonds is 7. The minimum Gasteiger partial charge on any atom is -0.330 e. The molecule has 2 N–H and O–H groups in total. The molecule has 1 fully saturated rings. The number of hydrogen-bond donors (Lipinski definition) is 1. The van der Waals surface area contributed by atoms with Gasteiger partial charge in [-0.3, -0.25) is 9.69 Å². The third-order valence-electron chi connectivity index (χ3n) is 3.95. The van der Waals surface area contributed by atoms with Crippen LogP contribution in [0.1, 0.15) is 12.8 Å². The molecular formula is C15H26N4O. The molecule has 1 saturated heterocycles. The van der Waals surface area contributed by atoms with Crippen LogP contribution >= 0.6 is 0 Å². The second-order valence-electron chi connectivity index (χ2n) is 5.41. The topological polar surface area (TPSA) is 54.5 Å². The lowest BCUT2D eigenvalue weighted by molar-refractivity contribution is 0.127. The minimum atomic E-state index is 0.0907. The van der Waals surface area contributed by atoms with Gasteiger partial charge in [0, 0.05) is 51.5 Å². The first-order valence-electron chi connectivity index (χ1n) is 7.60. The van der Waals surface area contributed by atoms with Gasteiger partial charge in [-0.15, -0.1) is 0 Å². The van der Waals surface area contributed by atoms with Crippen LogP contribution in [-0.2, 0) is 6.54 Å². The average Bonchev–Trinajstić information content (AvgIpc) is 2.48. The van der Waals surface area contributed by atoms with Crippen LogP contribution < -0.4 is 11.3 Å². The van der Waals surface area contributed by atoms with Crippen LogP contribution in [0.2, 0.25) is 0 Å². The normalized spacial score (nSPS) is 17.4. The summed E-state index contributed by atoms with van der Waals surface area (Å²) < 4.78 is 1.79. The molecule has 0 bridgehead atoms. The summed E-state index contributed by atoms with van der Waals surface area (Å²) in [6.07, 6.45) is 4.19. The second-order valence-corrected chi connectivity index (χ2v) is 5.41. The van der Waals surface area contributed by atoms with E-state index in [2.05, 4.69) is 9.80 Å². The van der Waals surface area contributed by atoms with E-state index in [0.717, 1.165) is 52.2 Å². The standard InChI is InChI=1S/C15H26N4O/c16-6-2-4-7-17-9-11-18(12-10-17)13-14-19-8-3-1-5-15(19)20/h1,3,5,8H,2,4,6-7,9-14,16H2. The first kappa shape index (κ1) is 15.2. The molecule has 0 spiro atoms. The van der Waals surface area contributed by atoms with E-state index in [1.807, 2.05) is 12.3 Å². The van der Waals surface area contributed by atoms with Crippen LogP contribution in [0, 0.1) is 0 Å². The lowest BCUT2D eigenvalue weighted by atomic mass is 10.2. The Bertz CT molecular complexity index is 437.